The van der Waals surface area contributed by atoms with Crippen LogP contribution < -0.4 is 4.74 Å². The molecule has 7 nitrogen and oxygen atoms in total. The number of methoxy groups -OCH3 is 1. The predicted molar refractivity (Wildman–Crippen MR) is 106 cm³/mol. The first-order valence-electron chi connectivity index (χ1n) is 9.35. The zero-order valence-corrected chi connectivity index (χ0v) is 15.9. The minimum atomic E-state index is -0.0703. The Bertz CT molecular complexity index is 915. The molecule has 0 unspecified atom stereocenters. The smallest absolute Gasteiger partial charge is 0.276 e. The molecule has 0 atom stereocenters. The highest BCUT2D eigenvalue weighted by molar-refractivity contribution is 5.92. The average molecular weight is 377 g/mol. The van der Waals surface area contributed by atoms with Crippen LogP contribution in [0.5, 0.6) is 5.75 Å². The molecule has 3 aromatic rings. The van der Waals surface area contributed by atoms with Crippen molar-refractivity contribution >= 4 is 5.91 Å². The second-order valence-electron chi connectivity index (χ2n) is 6.80. The molecule has 1 aliphatic rings. The van der Waals surface area contributed by atoms with E-state index in [1.54, 1.807) is 18.0 Å². The van der Waals surface area contributed by atoms with Crippen molar-refractivity contribution in [1.29, 1.82) is 0 Å². The Hall–Kier alpha value is -3.19. The van der Waals surface area contributed by atoms with Gasteiger partial charge in [-0.1, -0.05) is 35.5 Å². The molecular weight excluding hydrogens is 354 g/mol. The first kappa shape index (κ1) is 18.2. The predicted octanol–water partition coefficient (Wildman–Crippen LogP) is 2.23. The average Bonchev–Trinajstić information content (AvgIpc) is 3.25. The lowest BCUT2D eigenvalue weighted by atomic mass is 10.2. The molecule has 7 heteroatoms. The third kappa shape index (κ3) is 4.04. The second-order valence-corrected chi connectivity index (χ2v) is 6.80. The van der Waals surface area contributed by atoms with E-state index in [0.29, 0.717) is 18.8 Å². The number of hydrogen-bond donors (Lipinski definition) is 0. The number of piperazine rings is 1. The molecule has 2 heterocycles. The molecule has 1 saturated heterocycles. The summed E-state index contributed by atoms with van der Waals surface area (Å²) in [7, 11) is 1.63. The molecule has 0 saturated carbocycles. The molecule has 1 aromatic heterocycles. The van der Waals surface area contributed by atoms with Crippen molar-refractivity contribution in [2.75, 3.05) is 33.3 Å². The van der Waals surface area contributed by atoms with Gasteiger partial charge in [0.15, 0.2) is 5.69 Å². The highest BCUT2D eigenvalue weighted by atomic mass is 16.5. The first-order chi connectivity index (χ1) is 13.7. The monoisotopic (exact) mass is 377 g/mol. The fourth-order valence-corrected chi connectivity index (χ4v) is 3.34. The van der Waals surface area contributed by atoms with Gasteiger partial charge in [-0.3, -0.25) is 9.69 Å². The molecule has 144 valence electrons. The molecule has 0 N–H and O–H groups in total. The van der Waals surface area contributed by atoms with Crippen molar-refractivity contribution in [3.63, 3.8) is 0 Å². The molecule has 2 aromatic carbocycles. The fourth-order valence-electron chi connectivity index (χ4n) is 3.34. The van der Waals surface area contributed by atoms with Gasteiger partial charge in [-0.15, -0.1) is 5.10 Å². The molecule has 4 rings (SSSR count). The van der Waals surface area contributed by atoms with Gasteiger partial charge in [-0.05, 0) is 29.8 Å². The summed E-state index contributed by atoms with van der Waals surface area (Å²) < 4.78 is 6.77. The Morgan fingerprint density at radius 1 is 1.00 bits per heavy atom. The first-order valence-corrected chi connectivity index (χ1v) is 9.35. The highest BCUT2D eigenvalue weighted by Crippen LogP contribution is 2.15. The summed E-state index contributed by atoms with van der Waals surface area (Å²) in [6, 6.07) is 17.9. The lowest BCUT2D eigenvalue weighted by Crippen LogP contribution is -2.48. The van der Waals surface area contributed by atoms with Crippen LogP contribution in [0.2, 0.25) is 0 Å². The van der Waals surface area contributed by atoms with Gasteiger partial charge in [0.25, 0.3) is 5.91 Å². The quantitative estimate of drug-likeness (QED) is 0.682. The van der Waals surface area contributed by atoms with Crippen molar-refractivity contribution in [3.8, 4) is 11.4 Å². The largest absolute Gasteiger partial charge is 0.497 e. The molecule has 0 bridgehead atoms. The molecule has 1 aliphatic heterocycles. The van der Waals surface area contributed by atoms with E-state index in [-0.39, 0.29) is 5.91 Å². The number of amides is 1. The van der Waals surface area contributed by atoms with E-state index in [1.807, 2.05) is 35.2 Å². The van der Waals surface area contributed by atoms with Crippen LogP contribution in [0.15, 0.2) is 60.8 Å². The van der Waals surface area contributed by atoms with Gasteiger partial charge < -0.3 is 9.64 Å². The van der Waals surface area contributed by atoms with Crippen LogP contribution in [0, 0.1) is 0 Å². The maximum atomic E-state index is 12.8. The summed E-state index contributed by atoms with van der Waals surface area (Å²) in [4.78, 5) is 17.0. The van der Waals surface area contributed by atoms with Crippen LogP contribution in [0.3, 0.4) is 0 Å². The van der Waals surface area contributed by atoms with Crippen LogP contribution in [-0.2, 0) is 6.54 Å². The normalized spacial score (nSPS) is 14.8. The minimum absolute atomic E-state index is 0.0703. The van der Waals surface area contributed by atoms with Crippen LogP contribution in [0.25, 0.3) is 5.69 Å². The van der Waals surface area contributed by atoms with Gasteiger partial charge >= 0.3 is 0 Å². The van der Waals surface area contributed by atoms with Crippen LogP contribution in [-0.4, -0.2) is 64.0 Å². The SMILES string of the molecule is COc1ccc(-n2cc(C(=O)N3CCN(Cc4ccccc4)CC3)nn2)cc1. The van der Waals surface area contributed by atoms with Gasteiger partial charge in [-0.25, -0.2) is 4.68 Å². The van der Waals surface area contributed by atoms with E-state index in [4.69, 9.17) is 4.74 Å². The van der Waals surface area contributed by atoms with Gasteiger partial charge in [-0.2, -0.15) is 0 Å². The van der Waals surface area contributed by atoms with Crippen molar-refractivity contribution in [3.05, 3.63) is 72.1 Å². The Kier molecular flexibility index (Phi) is 5.34. The summed E-state index contributed by atoms with van der Waals surface area (Å²) in [5.41, 5.74) is 2.50. The molecule has 1 amide bonds. The Morgan fingerprint density at radius 3 is 2.39 bits per heavy atom. The van der Waals surface area contributed by atoms with Crippen LogP contribution in [0.4, 0.5) is 0 Å². The standard InChI is InChI=1S/C21H23N5O2/c1-28-19-9-7-18(8-10-19)26-16-20(22-23-26)21(27)25-13-11-24(12-14-25)15-17-5-3-2-4-6-17/h2-10,16H,11-15H2,1H3. The lowest BCUT2D eigenvalue weighted by Gasteiger charge is -2.34. The van der Waals surface area contributed by atoms with Gasteiger partial charge in [0.2, 0.25) is 0 Å². The molecule has 1 fully saturated rings. The minimum Gasteiger partial charge on any atom is -0.497 e. The molecule has 0 aliphatic carbocycles. The van der Waals surface area contributed by atoms with E-state index in [2.05, 4.69) is 39.5 Å². The van der Waals surface area contributed by atoms with Gasteiger partial charge in [0.1, 0.15) is 5.75 Å². The maximum absolute atomic E-state index is 12.8. The van der Waals surface area contributed by atoms with Gasteiger partial charge in [0.05, 0.1) is 19.0 Å². The van der Waals surface area contributed by atoms with E-state index in [0.717, 1.165) is 31.1 Å². The number of carbonyl (C=O) groups excluding carboxylic acids is 1. The number of rotatable bonds is 5. The number of benzene rings is 2. The summed E-state index contributed by atoms with van der Waals surface area (Å²) in [6.07, 6.45) is 1.68. The Labute approximate surface area is 164 Å². The van der Waals surface area contributed by atoms with Crippen LogP contribution in [0.1, 0.15) is 16.1 Å². The lowest BCUT2D eigenvalue weighted by molar-refractivity contribution is 0.0622. The summed E-state index contributed by atoms with van der Waals surface area (Å²) >= 11 is 0. The van der Waals surface area contributed by atoms with Gasteiger partial charge in [0, 0.05) is 32.7 Å². The number of ether oxygens (including phenoxy) is 1. The Balaban J connectivity index is 1.36. The zero-order chi connectivity index (χ0) is 19.3. The van der Waals surface area contributed by atoms with Crippen molar-refractivity contribution < 1.29 is 9.53 Å². The van der Waals surface area contributed by atoms with E-state index < -0.39 is 0 Å². The second kappa shape index (κ2) is 8.22. The zero-order valence-electron chi connectivity index (χ0n) is 15.9. The third-order valence-electron chi connectivity index (χ3n) is 4.96. The van der Waals surface area contributed by atoms with Crippen molar-refractivity contribution in [2.45, 2.75) is 6.54 Å². The number of nitrogens with zero attached hydrogens (tertiary/aromatic N) is 5. The Morgan fingerprint density at radius 2 is 1.71 bits per heavy atom. The van der Waals surface area contributed by atoms with E-state index in [9.17, 15) is 4.79 Å². The maximum Gasteiger partial charge on any atom is 0.276 e. The van der Waals surface area contributed by atoms with E-state index >= 15 is 0 Å². The number of aromatic nitrogens is 3. The molecule has 0 radical (unpaired) electrons. The summed E-state index contributed by atoms with van der Waals surface area (Å²) in [6.45, 7) is 4.01. The molecular formula is C21H23N5O2. The molecule has 28 heavy (non-hydrogen) atoms. The highest BCUT2D eigenvalue weighted by Gasteiger charge is 2.24. The summed E-state index contributed by atoms with van der Waals surface area (Å²) in [5, 5.41) is 8.17. The van der Waals surface area contributed by atoms with E-state index in [1.165, 1.54) is 5.56 Å². The summed E-state index contributed by atoms with van der Waals surface area (Å²) in [5.74, 6) is 0.702. The van der Waals surface area contributed by atoms with Crippen molar-refractivity contribution in [1.82, 2.24) is 24.8 Å². The van der Waals surface area contributed by atoms with Crippen LogP contribution >= 0.6 is 0 Å². The molecule has 0 spiro atoms. The number of carbonyl (C=O) groups is 1. The fraction of sp³-hybridized carbons (Fsp3) is 0.286. The topological polar surface area (TPSA) is 63.5 Å². The number of hydrogen-bond acceptors (Lipinski definition) is 5. The third-order valence-corrected chi connectivity index (χ3v) is 4.96. The van der Waals surface area contributed by atoms with Crippen molar-refractivity contribution in [2.24, 2.45) is 0 Å².